The van der Waals surface area contributed by atoms with Gasteiger partial charge in [-0.2, -0.15) is 0 Å². The molecule has 2 aliphatic rings. The van der Waals surface area contributed by atoms with Crippen LogP contribution in [0.4, 0.5) is 11.4 Å². The molecule has 0 fully saturated rings. The Morgan fingerprint density at radius 2 is 1.50 bits per heavy atom. The van der Waals surface area contributed by atoms with Gasteiger partial charge in [0.2, 0.25) is 0 Å². The van der Waals surface area contributed by atoms with E-state index in [-0.39, 0.29) is 0 Å². The Balaban J connectivity index is 1.45. The number of ether oxygens (including phenoxy) is 2. The molecule has 0 N–H and O–H groups in total. The first-order valence-corrected chi connectivity index (χ1v) is 14.9. The molecule has 0 amide bonds. The van der Waals surface area contributed by atoms with Gasteiger partial charge >= 0.3 is 0 Å². The normalized spacial score (nSPS) is 17.9. The van der Waals surface area contributed by atoms with Crippen LogP contribution in [0.3, 0.4) is 0 Å². The van der Waals surface area contributed by atoms with E-state index in [1.807, 2.05) is 12.3 Å². The van der Waals surface area contributed by atoms with Crippen LogP contribution >= 0.6 is 22.6 Å². The van der Waals surface area contributed by atoms with Gasteiger partial charge in [0.1, 0.15) is 6.61 Å². The van der Waals surface area contributed by atoms with Gasteiger partial charge in [-0.3, -0.25) is 4.99 Å². The number of hydrogen-bond acceptors (Lipinski definition) is 4. The lowest BCUT2D eigenvalue weighted by Crippen LogP contribution is -2.37. The van der Waals surface area contributed by atoms with E-state index in [4.69, 9.17) is 14.5 Å². The van der Waals surface area contributed by atoms with Gasteiger partial charge in [0.05, 0.1) is 16.4 Å². The first-order valence-electron chi connectivity index (χ1n) is 13.8. The summed E-state index contributed by atoms with van der Waals surface area (Å²) in [6, 6.07) is 30.6. The molecule has 2 atom stereocenters. The van der Waals surface area contributed by atoms with Crippen molar-refractivity contribution in [3.8, 4) is 11.5 Å². The largest absolute Gasteiger partial charge is 0.493 e. The van der Waals surface area contributed by atoms with Crippen molar-refractivity contribution in [2.75, 3.05) is 31.7 Å². The molecule has 0 radical (unpaired) electrons. The van der Waals surface area contributed by atoms with Gasteiger partial charge in [-0.25, -0.2) is 0 Å². The van der Waals surface area contributed by atoms with Crippen LogP contribution in [-0.2, 0) is 0 Å². The van der Waals surface area contributed by atoms with E-state index in [2.05, 4.69) is 113 Å². The van der Waals surface area contributed by atoms with E-state index in [1.165, 1.54) is 27.9 Å². The number of halogens is 1. The van der Waals surface area contributed by atoms with Crippen LogP contribution in [-0.4, -0.2) is 33.0 Å². The maximum Gasteiger partial charge on any atom is 0.174 e. The second-order valence-electron chi connectivity index (χ2n) is 10.4. The van der Waals surface area contributed by atoms with Crippen LogP contribution in [0, 0.1) is 3.57 Å². The highest BCUT2D eigenvalue weighted by molar-refractivity contribution is 14.1. The highest BCUT2D eigenvalue weighted by atomic mass is 127. The summed E-state index contributed by atoms with van der Waals surface area (Å²) in [5.74, 6) is 2.14. The summed E-state index contributed by atoms with van der Waals surface area (Å²) in [4.78, 5) is 7.65. The SMILES string of the molecule is C=CCOc1c(I)cc(C=Nc2cc3c4c(c2)[C@H](c2ccccc2)CCN4CC[C@H]3c2ccccc2)cc1OC. The molecule has 0 unspecified atom stereocenters. The molecule has 40 heavy (non-hydrogen) atoms. The molecule has 4 aromatic rings. The summed E-state index contributed by atoms with van der Waals surface area (Å²) in [5.41, 5.74) is 8.91. The maximum absolute atomic E-state index is 5.84. The molecule has 0 bridgehead atoms. The summed E-state index contributed by atoms with van der Waals surface area (Å²) in [6.07, 6.45) is 5.90. The van der Waals surface area contributed by atoms with Crippen molar-refractivity contribution in [1.82, 2.24) is 0 Å². The van der Waals surface area contributed by atoms with Gasteiger partial charge in [-0.05, 0) is 87.5 Å². The predicted molar refractivity (Wildman–Crippen MR) is 173 cm³/mol. The lowest BCUT2D eigenvalue weighted by Gasteiger charge is -2.43. The van der Waals surface area contributed by atoms with E-state index in [0.29, 0.717) is 24.2 Å². The minimum absolute atomic E-state index is 0.359. The van der Waals surface area contributed by atoms with E-state index >= 15 is 0 Å². The summed E-state index contributed by atoms with van der Waals surface area (Å²) in [6.45, 7) is 6.35. The minimum atomic E-state index is 0.359. The van der Waals surface area contributed by atoms with Gasteiger partial charge in [0.15, 0.2) is 11.5 Å². The van der Waals surface area contributed by atoms with Gasteiger partial charge in [-0.1, -0.05) is 73.3 Å². The van der Waals surface area contributed by atoms with Crippen LogP contribution in [0.25, 0.3) is 0 Å². The first kappa shape index (κ1) is 26.6. The molecule has 4 nitrogen and oxygen atoms in total. The first-order chi connectivity index (χ1) is 19.7. The lowest BCUT2D eigenvalue weighted by molar-refractivity contribution is 0.324. The Morgan fingerprint density at radius 3 is 2.05 bits per heavy atom. The second-order valence-corrected chi connectivity index (χ2v) is 11.5. The number of benzene rings is 4. The Kier molecular flexibility index (Phi) is 7.91. The zero-order valence-corrected chi connectivity index (χ0v) is 24.9. The fraction of sp³-hybridized carbons (Fsp3) is 0.229. The third-order valence-electron chi connectivity index (χ3n) is 7.96. The predicted octanol–water partition coefficient (Wildman–Crippen LogP) is 8.49. The Bertz CT molecular complexity index is 1460. The van der Waals surface area contributed by atoms with E-state index in [0.717, 1.165) is 46.5 Å². The molecule has 0 saturated heterocycles. The number of hydrogen-bond donors (Lipinski definition) is 0. The third kappa shape index (κ3) is 5.27. The molecule has 0 saturated carbocycles. The Morgan fingerprint density at radius 1 is 0.900 bits per heavy atom. The lowest BCUT2D eigenvalue weighted by atomic mass is 9.76. The van der Waals surface area contributed by atoms with Crippen molar-refractivity contribution in [2.45, 2.75) is 24.7 Å². The monoisotopic (exact) mass is 640 g/mol. The summed E-state index contributed by atoms with van der Waals surface area (Å²) < 4.78 is 12.5. The summed E-state index contributed by atoms with van der Waals surface area (Å²) in [7, 11) is 1.67. The van der Waals surface area contributed by atoms with Gasteiger partial charge in [0, 0.05) is 36.8 Å². The van der Waals surface area contributed by atoms with E-state index in [1.54, 1.807) is 13.2 Å². The fourth-order valence-electron chi connectivity index (χ4n) is 6.16. The standard InChI is InChI=1S/C35H33IN2O2/c1-3-18-40-35-32(36)19-24(20-33(35)39-2)23-37-27-21-30-28(25-10-6-4-7-11-25)14-16-38-17-15-29(31(22-27)34(30)38)26-12-8-5-9-13-26/h3-13,19-23,28-29H,1,14-18H2,2H3/t28-,29-/m0/s1. The zero-order chi connectivity index (χ0) is 27.5. The molecule has 0 aliphatic carbocycles. The average molecular weight is 641 g/mol. The van der Waals surface area contributed by atoms with Crippen LogP contribution in [0.1, 0.15) is 52.5 Å². The number of nitrogens with zero attached hydrogens (tertiary/aromatic N) is 2. The van der Waals surface area contributed by atoms with Crippen molar-refractivity contribution in [1.29, 1.82) is 0 Å². The topological polar surface area (TPSA) is 34.1 Å². The average Bonchev–Trinajstić information content (AvgIpc) is 3.00. The van der Waals surface area contributed by atoms with Crippen molar-refractivity contribution in [3.05, 3.63) is 129 Å². The van der Waals surface area contributed by atoms with Gasteiger partial charge in [0.25, 0.3) is 0 Å². The van der Waals surface area contributed by atoms with Crippen LogP contribution in [0.5, 0.6) is 11.5 Å². The van der Waals surface area contributed by atoms with Gasteiger partial charge < -0.3 is 14.4 Å². The molecule has 202 valence electrons. The highest BCUT2D eigenvalue weighted by Crippen LogP contribution is 2.50. The van der Waals surface area contributed by atoms with Crippen molar-refractivity contribution in [3.63, 3.8) is 0 Å². The maximum atomic E-state index is 5.84. The van der Waals surface area contributed by atoms with E-state index in [9.17, 15) is 0 Å². The molecule has 0 spiro atoms. The van der Waals surface area contributed by atoms with Crippen molar-refractivity contribution >= 4 is 40.2 Å². The van der Waals surface area contributed by atoms with Crippen LogP contribution in [0.2, 0.25) is 0 Å². The Hall–Kier alpha value is -3.58. The molecule has 0 aromatic heterocycles. The number of aliphatic imine (C=N–C) groups is 1. The summed E-state index contributed by atoms with van der Waals surface area (Å²) >= 11 is 2.29. The van der Waals surface area contributed by atoms with Crippen LogP contribution in [0.15, 0.2) is 103 Å². The molecular formula is C35H33IN2O2. The highest BCUT2D eigenvalue weighted by Gasteiger charge is 2.35. The minimum Gasteiger partial charge on any atom is -0.493 e. The molecular weight excluding hydrogens is 607 g/mol. The number of methoxy groups -OCH3 is 1. The molecule has 2 aliphatic heterocycles. The molecule has 5 heteroatoms. The zero-order valence-electron chi connectivity index (χ0n) is 22.7. The van der Waals surface area contributed by atoms with Crippen LogP contribution < -0.4 is 14.4 Å². The second kappa shape index (κ2) is 11.9. The number of rotatable bonds is 8. The van der Waals surface area contributed by atoms with Crippen molar-refractivity contribution in [2.24, 2.45) is 4.99 Å². The molecule has 6 rings (SSSR count). The number of anilines is 1. The smallest absolute Gasteiger partial charge is 0.174 e. The molecule has 2 heterocycles. The third-order valence-corrected chi connectivity index (χ3v) is 8.76. The van der Waals surface area contributed by atoms with Gasteiger partial charge in [-0.15, -0.1) is 0 Å². The fourth-order valence-corrected chi connectivity index (χ4v) is 6.94. The van der Waals surface area contributed by atoms with E-state index < -0.39 is 0 Å². The van der Waals surface area contributed by atoms with Crippen molar-refractivity contribution < 1.29 is 9.47 Å². The Labute approximate surface area is 250 Å². The molecule has 4 aromatic carbocycles. The summed E-state index contributed by atoms with van der Waals surface area (Å²) in [5, 5.41) is 0. The quantitative estimate of drug-likeness (QED) is 0.110.